The number of hydrogen-bond donors (Lipinski definition) is 2. The average molecular weight is 318 g/mol. The molecule has 0 spiro atoms. The summed E-state index contributed by atoms with van der Waals surface area (Å²) in [4.78, 5) is 23.6. The SMILES string of the molecule is Cc1ccc(C(=O)NCCNC(=O)c2ccccc2F)cc1F. The summed E-state index contributed by atoms with van der Waals surface area (Å²) in [6, 6.07) is 9.82. The highest BCUT2D eigenvalue weighted by molar-refractivity contribution is 5.95. The summed E-state index contributed by atoms with van der Waals surface area (Å²) in [5.74, 6) is -2.06. The fraction of sp³-hybridized carbons (Fsp3) is 0.176. The Kier molecular flexibility index (Phi) is 5.41. The van der Waals surface area contributed by atoms with E-state index < -0.39 is 23.4 Å². The average Bonchev–Trinajstić information content (AvgIpc) is 2.54. The monoisotopic (exact) mass is 318 g/mol. The molecule has 0 bridgehead atoms. The molecule has 0 unspecified atom stereocenters. The van der Waals surface area contributed by atoms with E-state index in [1.807, 2.05) is 0 Å². The van der Waals surface area contributed by atoms with Crippen LogP contribution >= 0.6 is 0 Å². The van der Waals surface area contributed by atoms with E-state index in [4.69, 9.17) is 0 Å². The van der Waals surface area contributed by atoms with Crippen LogP contribution in [-0.4, -0.2) is 24.9 Å². The number of halogens is 2. The van der Waals surface area contributed by atoms with Crippen molar-refractivity contribution in [1.82, 2.24) is 10.6 Å². The van der Waals surface area contributed by atoms with Crippen LogP contribution in [-0.2, 0) is 0 Å². The normalized spacial score (nSPS) is 10.2. The lowest BCUT2D eigenvalue weighted by atomic mass is 10.1. The Hall–Kier alpha value is -2.76. The van der Waals surface area contributed by atoms with Crippen LogP contribution in [0.1, 0.15) is 26.3 Å². The number of benzene rings is 2. The Labute approximate surface area is 132 Å². The summed E-state index contributed by atoms with van der Waals surface area (Å²) >= 11 is 0. The molecule has 0 saturated heterocycles. The van der Waals surface area contributed by atoms with Gasteiger partial charge in [-0.05, 0) is 36.8 Å². The number of carbonyl (C=O) groups is 2. The molecule has 2 rings (SSSR count). The largest absolute Gasteiger partial charge is 0.350 e. The third kappa shape index (κ3) is 4.35. The van der Waals surface area contributed by atoms with Gasteiger partial charge in [-0.2, -0.15) is 0 Å². The van der Waals surface area contributed by atoms with Gasteiger partial charge in [0.1, 0.15) is 11.6 Å². The minimum absolute atomic E-state index is 0.0561. The van der Waals surface area contributed by atoms with Crippen LogP contribution < -0.4 is 10.6 Å². The summed E-state index contributed by atoms with van der Waals surface area (Å²) in [6.07, 6.45) is 0. The van der Waals surface area contributed by atoms with E-state index >= 15 is 0 Å². The topological polar surface area (TPSA) is 58.2 Å². The molecule has 0 aliphatic heterocycles. The third-order valence-electron chi connectivity index (χ3n) is 3.25. The summed E-state index contributed by atoms with van der Waals surface area (Å²) in [7, 11) is 0. The molecule has 0 aromatic heterocycles. The minimum Gasteiger partial charge on any atom is -0.350 e. The summed E-state index contributed by atoms with van der Waals surface area (Å²) in [5, 5.41) is 5.05. The number of amides is 2. The highest BCUT2D eigenvalue weighted by Gasteiger charge is 2.11. The van der Waals surface area contributed by atoms with Crippen LogP contribution in [0.4, 0.5) is 8.78 Å². The standard InChI is InChI=1S/C17H16F2N2O2/c1-11-6-7-12(10-15(11)19)16(22)20-8-9-21-17(23)13-4-2-3-5-14(13)18/h2-7,10H,8-9H2,1H3,(H,20,22)(H,21,23). The number of nitrogens with one attached hydrogen (secondary N) is 2. The first-order valence-electron chi connectivity index (χ1n) is 7.06. The van der Waals surface area contributed by atoms with Crippen LogP contribution in [0.5, 0.6) is 0 Å². The summed E-state index contributed by atoms with van der Waals surface area (Å²) in [5.41, 5.74) is 0.603. The van der Waals surface area contributed by atoms with Crippen molar-refractivity contribution in [2.24, 2.45) is 0 Å². The van der Waals surface area contributed by atoms with Gasteiger partial charge in [-0.25, -0.2) is 8.78 Å². The third-order valence-corrected chi connectivity index (χ3v) is 3.25. The number of carbonyl (C=O) groups excluding carboxylic acids is 2. The summed E-state index contributed by atoms with van der Waals surface area (Å²) in [6.45, 7) is 1.89. The molecule has 0 aliphatic carbocycles. The number of rotatable bonds is 5. The Morgan fingerprint density at radius 1 is 0.913 bits per heavy atom. The van der Waals surface area contributed by atoms with E-state index in [1.165, 1.54) is 30.3 Å². The molecule has 120 valence electrons. The van der Waals surface area contributed by atoms with Gasteiger partial charge < -0.3 is 10.6 Å². The number of aryl methyl sites for hydroxylation is 1. The molecule has 23 heavy (non-hydrogen) atoms. The molecule has 2 amide bonds. The second-order valence-corrected chi connectivity index (χ2v) is 4.96. The van der Waals surface area contributed by atoms with Crippen molar-refractivity contribution in [1.29, 1.82) is 0 Å². The Balaban J connectivity index is 1.81. The first-order valence-corrected chi connectivity index (χ1v) is 7.06. The molecule has 0 atom stereocenters. The number of hydrogen-bond acceptors (Lipinski definition) is 2. The van der Waals surface area contributed by atoms with Crippen LogP contribution in [0.25, 0.3) is 0 Å². The van der Waals surface area contributed by atoms with Gasteiger partial charge in [0.2, 0.25) is 0 Å². The zero-order chi connectivity index (χ0) is 16.8. The highest BCUT2D eigenvalue weighted by atomic mass is 19.1. The molecule has 0 fully saturated rings. The second kappa shape index (κ2) is 7.49. The van der Waals surface area contributed by atoms with E-state index in [1.54, 1.807) is 13.0 Å². The molecule has 0 saturated carbocycles. The minimum atomic E-state index is -0.607. The van der Waals surface area contributed by atoms with Crippen molar-refractivity contribution in [2.45, 2.75) is 6.92 Å². The fourth-order valence-corrected chi connectivity index (χ4v) is 1.93. The van der Waals surface area contributed by atoms with Gasteiger partial charge in [0.25, 0.3) is 11.8 Å². The van der Waals surface area contributed by atoms with Gasteiger partial charge in [0.15, 0.2) is 0 Å². The van der Waals surface area contributed by atoms with Crippen molar-refractivity contribution < 1.29 is 18.4 Å². The Morgan fingerprint density at radius 3 is 2.22 bits per heavy atom. The lowest BCUT2D eigenvalue weighted by Gasteiger charge is -2.08. The maximum absolute atomic E-state index is 13.4. The molecule has 0 aliphatic rings. The molecular weight excluding hydrogens is 302 g/mol. The Morgan fingerprint density at radius 2 is 1.57 bits per heavy atom. The first kappa shape index (κ1) is 16.6. The molecule has 2 N–H and O–H groups in total. The first-order chi connectivity index (χ1) is 11.0. The predicted molar refractivity (Wildman–Crippen MR) is 82.2 cm³/mol. The second-order valence-electron chi connectivity index (χ2n) is 4.96. The lowest BCUT2D eigenvalue weighted by Crippen LogP contribution is -2.35. The van der Waals surface area contributed by atoms with Crippen molar-refractivity contribution >= 4 is 11.8 Å². The molecule has 2 aromatic carbocycles. The smallest absolute Gasteiger partial charge is 0.254 e. The fourth-order valence-electron chi connectivity index (χ4n) is 1.93. The molecule has 2 aromatic rings. The molecule has 0 heterocycles. The van der Waals surface area contributed by atoms with E-state index in [-0.39, 0.29) is 24.2 Å². The van der Waals surface area contributed by atoms with Crippen molar-refractivity contribution in [3.63, 3.8) is 0 Å². The van der Waals surface area contributed by atoms with E-state index in [0.717, 1.165) is 6.07 Å². The van der Waals surface area contributed by atoms with Crippen molar-refractivity contribution in [2.75, 3.05) is 13.1 Å². The zero-order valence-electron chi connectivity index (χ0n) is 12.5. The van der Waals surface area contributed by atoms with Gasteiger partial charge in [-0.1, -0.05) is 18.2 Å². The lowest BCUT2D eigenvalue weighted by molar-refractivity contribution is 0.0925. The van der Waals surface area contributed by atoms with Crippen molar-refractivity contribution in [3.05, 3.63) is 70.8 Å². The van der Waals surface area contributed by atoms with Gasteiger partial charge in [0, 0.05) is 18.7 Å². The van der Waals surface area contributed by atoms with Crippen LogP contribution in [0.2, 0.25) is 0 Å². The maximum atomic E-state index is 13.4. The molecule has 0 radical (unpaired) electrons. The maximum Gasteiger partial charge on any atom is 0.254 e. The van der Waals surface area contributed by atoms with E-state index in [0.29, 0.717) is 5.56 Å². The van der Waals surface area contributed by atoms with E-state index in [9.17, 15) is 18.4 Å². The Bertz CT molecular complexity index is 732. The van der Waals surface area contributed by atoms with Gasteiger partial charge in [-0.3, -0.25) is 9.59 Å². The zero-order valence-corrected chi connectivity index (χ0v) is 12.5. The highest BCUT2D eigenvalue weighted by Crippen LogP contribution is 2.09. The quantitative estimate of drug-likeness (QED) is 0.832. The molecule has 6 heteroatoms. The van der Waals surface area contributed by atoms with Gasteiger partial charge in [-0.15, -0.1) is 0 Å². The summed E-state index contributed by atoms with van der Waals surface area (Å²) < 4.78 is 26.8. The molecule has 4 nitrogen and oxygen atoms in total. The van der Waals surface area contributed by atoms with E-state index in [2.05, 4.69) is 10.6 Å². The van der Waals surface area contributed by atoms with Crippen LogP contribution in [0.15, 0.2) is 42.5 Å². The molecular formula is C17H16F2N2O2. The van der Waals surface area contributed by atoms with Gasteiger partial charge >= 0.3 is 0 Å². The van der Waals surface area contributed by atoms with Crippen LogP contribution in [0, 0.1) is 18.6 Å². The van der Waals surface area contributed by atoms with Crippen LogP contribution in [0.3, 0.4) is 0 Å². The van der Waals surface area contributed by atoms with Crippen molar-refractivity contribution in [3.8, 4) is 0 Å². The van der Waals surface area contributed by atoms with Gasteiger partial charge in [0.05, 0.1) is 5.56 Å². The predicted octanol–water partition coefficient (Wildman–Crippen LogP) is 2.43.